The molecule has 4 heterocycles. The SMILES string of the molecule is O=C(Nc1cc(N2CCCCC2)ncn1)c1cc(-c2ccco2)[nH]n1. The van der Waals surface area contributed by atoms with Gasteiger partial charge in [0.1, 0.15) is 23.7 Å². The van der Waals surface area contributed by atoms with E-state index in [-0.39, 0.29) is 11.6 Å². The van der Waals surface area contributed by atoms with E-state index < -0.39 is 0 Å². The van der Waals surface area contributed by atoms with Gasteiger partial charge in [0.2, 0.25) is 0 Å². The van der Waals surface area contributed by atoms with E-state index in [0.29, 0.717) is 17.3 Å². The first kappa shape index (κ1) is 15.4. The number of furan rings is 1. The van der Waals surface area contributed by atoms with E-state index in [9.17, 15) is 4.79 Å². The van der Waals surface area contributed by atoms with E-state index in [2.05, 4.69) is 30.4 Å². The van der Waals surface area contributed by atoms with Crippen LogP contribution >= 0.6 is 0 Å². The molecule has 25 heavy (non-hydrogen) atoms. The van der Waals surface area contributed by atoms with Gasteiger partial charge in [-0.25, -0.2) is 9.97 Å². The molecule has 0 atom stereocenters. The predicted octanol–water partition coefficient (Wildman–Crippen LogP) is 2.70. The third-order valence-electron chi connectivity index (χ3n) is 4.17. The van der Waals surface area contributed by atoms with E-state index in [0.717, 1.165) is 31.7 Å². The summed E-state index contributed by atoms with van der Waals surface area (Å²) in [6, 6.07) is 7.01. The molecule has 0 spiro atoms. The van der Waals surface area contributed by atoms with E-state index in [1.165, 1.54) is 12.7 Å². The molecule has 8 nitrogen and oxygen atoms in total. The molecule has 2 N–H and O–H groups in total. The van der Waals surface area contributed by atoms with Crippen molar-refractivity contribution in [2.24, 2.45) is 0 Å². The molecular formula is C17H18N6O2. The maximum absolute atomic E-state index is 12.4. The highest BCUT2D eigenvalue weighted by molar-refractivity contribution is 6.03. The minimum atomic E-state index is -0.336. The number of nitrogens with zero attached hydrogens (tertiary/aromatic N) is 4. The van der Waals surface area contributed by atoms with Gasteiger partial charge in [0.05, 0.1) is 6.26 Å². The Balaban J connectivity index is 1.47. The van der Waals surface area contributed by atoms with Crippen molar-refractivity contribution in [3.8, 4) is 11.5 Å². The summed E-state index contributed by atoms with van der Waals surface area (Å²) in [4.78, 5) is 23.0. The zero-order valence-electron chi connectivity index (χ0n) is 13.6. The van der Waals surface area contributed by atoms with E-state index in [1.807, 2.05) is 0 Å². The Hall–Kier alpha value is -3.16. The quantitative estimate of drug-likeness (QED) is 0.759. The third-order valence-corrected chi connectivity index (χ3v) is 4.17. The van der Waals surface area contributed by atoms with Crippen LogP contribution in [0.1, 0.15) is 29.8 Å². The normalized spacial score (nSPS) is 14.5. The average Bonchev–Trinajstić information content (AvgIpc) is 3.34. The van der Waals surface area contributed by atoms with Gasteiger partial charge in [-0.05, 0) is 31.4 Å². The van der Waals surface area contributed by atoms with Crippen LogP contribution in [0.2, 0.25) is 0 Å². The summed E-state index contributed by atoms with van der Waals surface area (Å²) < 4.78 is 5.28. The Kier molecular flexibility index (Phi) is 4.16. The molecule has 1 amide bonds. The van der Waals surface area contributed by atoms with Crippen molar-refractivity contribution < 1.29 is 9.21 Å². The number of rotatable bonds is 4. The van der Waals surface area contributed by atoms with Crippen LogP contribution in [0.5, 0.6) is 0 Å². The van der Waals surface area contributed by atoms with Crippen LogP contribution in [-0.4, -0.2) is 39.2 Å². The Morgan fingerprint density at radius 3 is 2.88 bits per heavy atom. The van der Waals surface area contributed by atoms with E-state index in [4.69, 9.17) is 4.42 Å². The zero-order valence-corrected chi connectivity index (χ0v) is 13.6. The highest BCUT2D eigenvalue weighted by Crippen LogP contribution is 2.20. The lowest BCUT2D eigenvalue weighted by Gasteiger charge is -2.27. The number of nitrogens with one attached hydrogen (secondary N) is 2. The van der Waals surface area contributed by atoms with Gasteiger partial charge in [0.15, 0.2) is 11.5 Å². The molecule has 0 unspecified atom stereocenters. The van der Waals surface area contributed by atoms with E-state index >= 15 is 0 Å². The second-order valence-corrected chi connectivity index (χ2v) is 5.91. The van der Waals surface area contributed by atoms with Crippen molar-refractivity contribution in [1.29, 1.82) is 0 Å². The maximum Gasteiger partial charge on any atom is 0.277 e. The number of amides is 1. The topological polar surface area (TPSA) is 99.9 Å². The molecule has 0 radical (unpaired) electrons. The Morgan fingerprint density at radius 2 is 2.08 bits per heavy atom. The minimum Gasteiger partial charge on any atom is -0.463 e. The smallest absolute Gasteiger partial charge is 0.277 e. The highest BCUT2D eigenvalue weighted by Gasteiger charge is 2.16. The highest BCUT2D eigenvalue weighted by atomic mass is 16.3. The van der Waals surface area contributed by atoms with Gasteiger partial charge < -0.3 is 14.6 Å². The summed E-state index contributed by atoms with van der Waals surface area (Å²) in [5, 5.41) is 9.59. The number of hydrogen-bond donors (Lipinski definition) is 2. The monoisotopic (exact) mass is 338 g/mol. The zero-order chi connectivity index (χ0) is 17.1. The fourth-order valence-corrected chi connectivity index (χ4v) is 2.89. The van der Waals surface area contributed by atoms with Gasteiger partial charge in [0, 0.05) is 25.2 Å². The van der Waals surface area contributed by atoms with Crippen LogP contribution in [0.15, 0.2) is 41.3 Å². The van der Waals surface area contributed by atoms with E-state index in [1.54, 1.807) is 30.5 Å². The third kappa shape index (κ3) is 3.37. The summed E-state index contributed by atoms with van der Waals surface area (Å²) in [6.45, 7) is 1.96. The Morgan fingerprint density at radius 1 is 1.20 bits per heavy atom. The molecule has 0 bridgehead atoms. The Labute approximate surface area is 144 Å². The molecular weight excluding hydrogens is 320 g/mol. The summed E-state index contributed by atoms with van der Waals surface area (Å²) in [6.07, 6.45) is 6.61. The van der Waals surface area contributed by atoms with Gasteiger partial charge in [-0.1, -0.05) is 0 Å². The van der Waals surface area contributed by atoms with Crippen LogP contribution in [0, 0.1) is 0 Å². The predicted molar refractivity (Wildman–Crippen MR) is 92.3 cm³/mol. The van der Waals surface area contributed by atoms with Crippen molar-refractivity contribution in [1.82, 2.24) is 20.2 Å². The van der Waals surface area contributed by atoms with Crippen LogP contribution in [0.3, 0.4) is 0 Å². The number of piperidine rings is 1. The molecule has 0 saturated carbocycles. The number of aromatic nitrogens is 4. The number of carbonyl (C=O) groups is 1. The summed E-state index contributed by atoms with van der Waals surface area (Å²) in [7, 11) is 0. The first-order chi connectivity index (χ1) is 12.3. The van der Waals surface area contributed by atoms with Crippen LogP contribution < -0.4 is 10.2 Å². The van der Waals surface area contributed by atoms with Gasteiger partial charge in [0.25, 0.3) is 5.91 Å². The maximum atomic E-state index is 12.4. The fourth-order valence-electron chi connectivity index (χ4n) is 2.89. The lowest BCUT2D eigenvalue weighted by Crippen LogP contribution is -2.30. The van der Waals surface area contributed by atoms with Crippen LogP contribution in [0.25, 0.3) is 11.5 Å². The van der Waals surface area contributed by atoms with Gasteiger partial charge in [-0.3, -0.25) is 9.89 Å². The number of carbonyl (C=O) groups excluding carboxylic acids is 1. The largest absolute Gasteiger partial charge is 0.463 e. The van der Waals surface area contributed by atoms with Gasteiger partial charge >= 0.3 is 0 Å². The van der Waals surface area contributed by atoms with Crippen molar-refractivity contribution >= 4 is 17.5 Å². The molecule has 0 aromatic carbocycles. The summed E-state index contributed by atoms with van der Waals surface area (Å²) in [5.74, 6) is 1.59. The first-order valence-corrected chi connectivity index (χ1v) is 8.27. The molecule has 1 aliphatic heterocycles. The molecule has 1 fully saturated rings. The molecule has 3 aromatic heterocycles. The number of hydrogen-bond acceptors (Lipinski definition) is 6. The lowest BCUT2D eigenvalue weighted by atomic mass is 10.1. The number of H-pyrrole nitrogens is 1. The van der Waals surface area contributed by atoms with Crippen molar-refractivity contribution in [2.75, 3.05) is 23.3 Å². The molecule has 4 rings (SSSR count). The molecule has 3 aromatic rings. The van der Waals surface area contributed by atoms with Gasteiger partial charge in [-0.15, -0.1) is 0 Å². The van der Waals surface area contributed by atoms with Crippen LogP contribution in [-0.2, 0) is 0 Å². The number of aromatic amines is 1. The van der Waals surface area contributed by atoms with Crippen LogP contribution in [0.4, 0.5) is 11.6 Å². The molecule has 8 heteroatoms. The summed E-state index contributed by atoms with van der Waals surface area (Å²) >= 11 is 0. The van der Waals surface area contributed by atoms with Crippen molar-refractivity contribution in [3.63, 3.8) is 0 Å². The molecule has 1 aliphatic rings. The standard InChI is InChI=1S/C17H18N6O2/c24-17(13-9-12(21-22-13)14-5-4-8-25-14)20-15-10-16(19-11-18-15)23-6-2-1-3-7-23/h4-5,8-11H,1-3,6-7H2,(H,21,22)(H,18,19,20,24). The van der Waals surface area contributed by atoms with Crippen molar-refractivity contribution in [3.05, 3.63) is 42.5 Å². The van der Waals surface area contributed by atoms with Gasteiger partial charge in [-0.2, -0.15) is 5.10 Å². The molecule has 0 aliphatic carbocycles. The minimum absolute atomic E-state index is 0.268. The first-order valence-electron chi connectivity index (χ1n) is 8.27. The second-order valence-electron chi connectivity index (χ2n) is 5.91. The summed E-state index contributed by atoms with van der Waals surface area (Å²) in [5.41, 5.74) is 0.913. The second kappa shape index (κ2) is 6.76. The lowest BCUT2D eigenvalue weighted by molar-refractivity contribution is 0.102. The molecule has 128 valence electrons. The average molecular weight is 338 g/mol. The number of anilines is 2. The fraction of sp³-hybridized carbons (Fsp3) is 0.294. The molecule has 1 saturated heterocycles. The van der Waals surface area contributed by atoms with Crippen molar-refractivity contribution in [2.45, 2.75) is 19.3 Å². The Bertz CT molecular complexity index is 852.